The van der Waals surface area contributed by atoms with Crippen molar-refractivity contribution >= 4 is 0 Å². The van der Waals surface area contributed by atoms with E-state index in [1.807, 2.05) is 6.92 Å². The van der Waals surface area contributed by atoms with Gasteiger partial charge in [0.25, 0.3) is 0 Å². The summed E-state index contributed by atoms with van der Waals surface area (Å²) in [5.74, 6) is -1.40. The molecule has 0 N–H and O–H groups in total. The Labute approximate surface area is 99.2 Å². The molecule has 1 aliphatic rings. The van der Waals surface area contributed by atoms with Gasteiger partial charge in [-0.3, -0.25) is 0 Å². The predicted molar refractivity (Wildman–Crippen MR) is 61.5 cm³/mol. The number of hydrogen-bond donors (Lipinski definition) is 0. The van der Waals surface area contributed by atoms with Gasteiger partial charge in [0, 0.05) is 5.56 Å². The molecule has 1 aliphatic carbocycles. The van der Waals surface area contributed by atoms with E-state index in [0.29, 0.717) is 24.8 Å². The van der Waals surface area contributed by atoms with Crippen LogP contribution in [0.15, 0.2) is 24.0 Å². The van der Waals surface area contributed by atoms with Gasteiger partial charge in [-0.1, -0.05) is 13.0 Å². The van der Waals surface area contributed by atoms with E-state index < -0.39 is 11.6 Å². The summed E-state index contributed by atoms with van der Waals surface area (Å²) >= 11 is 0. The van der Waals surface area contributed by atoms with Crippen LogP contribution in [0.2, 0.25) is 0 Å². The van der Waals surface area contributed by atoms with Gasteiger partial charge in [-0.2, -0.15) is 0 Å². The summed E-state index contributed by atoms with van der Waals surface area (Å²) in [6.07, 6.45) is 3.17. The minimum absolute atomic E-state index is 0.117. The molecule has 1 aromatic rings. The monoisotopic (exact) mass is 240 g/mol. The van der Waals surface area contributed by atoms with Crippen LogP contribution >= 0.6 is 0 Å². The Morgan fingerprint density at radius 3 is 2.29 bits per heavy atom. The molecule has 0 aliphatic heterocycles. The second-order valence-electron chi connectivity index (χ2n) is 4.45. The third-order valence-electron chi connectivity index (χ3n) is 3.31. The van der Waals surface area contributed by atoms with Crippen molar-refractivity contribution in [2.24, 2.45) is 0 Å². The van der Waals surface area contributed by atoms with Crippen LogP contribution in [-0.2, 0) is 6.42 Å². The average Bonchev–Trinajstić information content (AvgIpc) is 2.30. The van der Waals surface area contributed by atoms with Crippen molar-refractivity contribution in [2.75, 3.05) is 0 Å². The van der Waals surface area contributed by atoms with E-state index in [0.717, 1.165) is 0 Å². The fraction of sp³-hybridized carbons (Fsp3) is 0.429. The molecule has 92 valence electrons. The van der Waals surface area contributed by atoms with Gasteiger partial charge in [0.15, 0.2) is 0 Å². The number of allylic oxidation sites excluding steroid dienone is 2. The summed E-state index contributed by atoms with van der Waals surface area (Å²) in [5, 5.41) is 0. The van der Waals surface area contributed by atoms with E-state index in [4.69, 9.17) is 0 Å². The van der Waals surface area contributed by atoms with Crippen molar-refractivity contribution in [3.63, 3.8) is 0 Å². The molecule has 0 fully saturated rings. The molecular weight excluding hydrogens is 225 g/mol. The summed E-state index contributed by atoms with van der Waals surface area (Å²) in [7, 11) is 0. The van der Waals surface area contributed by atoms with Crippen LogP contribution in [0.4, 0.5) is 13.2 Å². The van der Waals surface area contributed by atoms with E-state index >= 15 is 0 Å². The maximum atomic E-state index is 13.8. The van der Waals surface area contributed by atoms with E-state index in [9.17, 15) is 13.2 Å². The molecular formula is C14H15F3. The molecule has 0 aromatic heterocycles. The van der Waals surface area contributed by atoms with E-state index in [1.54, 1.807) is 0 Å². The van der Waals surface area contributed by atoms with Gasteiger partial charge in [0.2, 0.25) is 0 Å². The first-order valence-corrected chi connectivity index (χ1v) is 5.94. The van der Waals surface area contributed by atoms with Crippen LogP contribution in [0.25, 0.3) is 0 Å². The molecule has 1 unspecified atom stereocenters. The lowest BCUT2D eigenvalue weighted by atomic mass is 9.86. The molecule has 1 aromatic carbocycles. The van der Waals surface area contributed by atoms with Gasteiger partial charge < -0.3 is 0 Å². The van der Waals surface area contributed by atoms with Gasteiger partial charge >= 0.3 is 0 Å². The van der Waals surface area contributed by atoms with Crippen molar-refractivity contribution in [1.82, 2.24) is 0 Å². The SMILES string of the molecule is CCc1cc(F)c(C2CC=C(F)CC2)c(F)c1. The minimum Gasteiger partial charge on any atom is -0.212 e. The van der Waals surface area contributed by atoms with Crippen molar-refractivity contribution in [3.05, 3.63) is 46.8 Å². The lowest BCUT2D eigenvalue weighted by Gasteiger charge is -2.20. The summed E-state index contributed by atoms with van der Waals surface area (Å²) < 4.78 is 40.5. The maximum Gasteiger partial charge on any atom is 0.129 e. The normalized spacial score (nSPS) is 20.2. The van der Waals surface area contributed by atoms with Crippen LogP contribution < -0.4 is 0 Å². The molecule has 0 saturated heterocycles. The van der Waals surface area contributed by atoms with Gasteiger partial charge in [-0.15, -0.1) is 0 Å². The molecule has 3 heteroatoms. The Morgan fingerprint density at radius 2 is 1.82 bits per heavy atom. The third-order valence-corrected chi connectivity index (χ3v) is 3.31. The van der Waals surface area contributed by atoms with Crippen LogP contribution in [-0.4, -0.2) is 0 Å². The standard InChI is InChI=1S/C14H15F3/c1-2-9-7-12(16)14(13(17)8-9)10-3-5-11(15)6-4-10/h5,7-8,10H,2-4,6H2,1H3. The minimum atomic E-state index is -0.498. The Balaban J connectivity index is 2.33. The highest BCUT2D eigenvalue weighted by molar-refractivity contribution is 5.30. The predicted octanol–water partition coefficient (Wildman–Crippen LogP) is 4.65. The zero-order valence-electron chi connectivity index (χ0n) is 9.77. The number of hydrogen-bond acceptors (Lipinski definition) is 0. The first kappa shape index (κ1) is 12.2. The Bertz CT molecular complexity index is 426. The Morgan fingerprint density at radius 1 is 1.18 bits per heavy atom. The largest absolute Gasteiger partial charge is 0.212 e. The van der Waals surface area contributed by atoms with Crippen LogP contribution in [0, 0.1) is 11.6 Å². The molecule has 0 bridgehead atoms. The highest BCUT2D eigenvalue weighted by atomic mass is 19.1. The molecule has 0 nitrogen and oxygen atoms in total. The summed E-state index contributed by atoms with van der Waals surface area (Å²) in [6.45, 7) is 1.85. The van der Waals surface area contributed by atoms with Crippen molar-refractivity contribution in [3.8, 4) is 0 Å². The van der Waals surface area contributed by atoms with Gasteiger partial charge in [-0.05, 0) is 49.3 Å². The molecule has 1 atom stereocenters. The molecule has 0 saturated carbocycles. The maximum absolute atomic E-state index is 13.8. The average molecular weight is 240 g/mol. The number of rotatable bonds is 2. The molecule has 0 spiro atoms. The molecule has 2 rings (SSSR count). The number of aryl methyl sites for hydroxylation is 1. The first-order chi connectivity index (χ1) is 8.11. The second kappa shape index (κ2) is 4.94. The summed E-state index contributed by atoms with van der Waals surface area (Å²) in [5.41, 5.74) is 0.771. The lowest BCUT2D eigenvalue weighted by Crippen LogP contribution is -2.08. The van der Waals surface area contributed by atoms with Crippen molar-refractivity contribution in [2.45, 2.75) is 38.5 Å². The first-order valence-electron chi connectivity index (χ1n) is 5.94. The fourth-order valence-electron chi connectivity index (χ4n) is 2.30. The van der Waals surface area contributed by atoms with Crippen molar-refractivity contribution in [1.29, 1.82) is 0 Å². The zero-order valence-corrected chi connectivity index (χ0v) is 9.77. The highest BCUT2D eigenvalue weighted by Gasteiger charge is 2.23. The lowest BCUT2D eigenvalue weighted by molar-refractivity contribution is 0.460. The smallest absolute Gasteiger partial charge is 0.129 e. The summed E-state index contributed by atoms with van der Waals surface area (Å²) in [4.78, 5) is 0. The van der Waals surface area contributed by atoms with Gasteiger partial charge in [0.1, 0.15) is 11.6 Å². The van der Waals surface area contributed by atoms with Crippen LogP contribution in [0.1, 0.15) is 43.2 Å². The number of halogens is 3. The van der Waals surface area contributed by atoms with Gasteiger partial charge in [0.05, 0.1) is 5.83 Å². The van der Waals surface area contributed by atoms with Crippen LogP contribution in [0.5, 0.6) is 0 Å². The Hall–Kier alpha value is -1.25. The van der Waals surface area contributed by atoms with Gasteiger partial charge in [-0.25, -0.2) is 13.2 Å². The highest BCUT2D eigenvalue weighted by Crippen LogP contribution is 2.35. The zero-order chi connectivity index (χ0) is 12.4. The second-order valence-corrected chi connectivity index (χ2v) is 4.45. The fourth-order valence-corrected chi connectivity index (χ4v) is 2.30. The van der Waals surface area contributed by atoms with E-state index in [2.05, 4.69) is 0 Å². The molecule has 0 amide bonds. The quantitative estimate of drug-likeness (QED) is 0.706. The topological polar surface area (TPSA) is 0 Å². The van der Waals surface area contributed by atoms with E-state index in [-0.39, 0.29) is 23.7 Å². The molecule has 0 heterocycles. The number of benzene rings is 1. The molecule has 0 radical (unpaired) electrons. The van der Waals surface area contributed by atoms with E-state index in [1.165, 1.54) is 18.2 Å². The van der Waals surface area contributed by atoms with Crippen molar-refractivity contribution < 1.29 is 13.2 Å². The van der Waals surface area contributed by atoms with Crippen LogP contribution in [0.3, 0.4) is 0 Å². The third kappa shape index (κ3) is 2.54. The Kier molecular flexibility index (Phi) is 3.55. The summed E-state index contributed by atoms with van der Waals surface area (Å²) in [6, 6.07) is 2.76. The molecule has 17 heavy (non-hydrogen) atoms.